The summed E-state index contributed by atoms with van der Waals surface area (Å²) in [7, 11) is 0. The number of carbonyl (C=O) groups excluding carboxylic acids is 2. The molecule has 1 aromatic carbocycles. The Kier molecular flexibility index (Phi) is 3.11. The van der Waals surface area contributed by atoms with Crippen LogP contribution in [0, 0.1) is 5.92 Å². The first kappa shape index (κ1) is 12.0. The lowest BCUT2D eigenvalue weighted by Gasteiger charge is -2.20. The Morgan fingerprint density at radius 3 is 2.58 bits per heavy atom. The molecule has 1 aliphatic carbocycles. The zero-order valence-corrected chi connectivity index (χ0v) is 10.6. The van der Waals surface area contributed by atoms with Crippen molar-refractivity contribution >= 4 is 11.9 Å². The second-order valence-corrected chi connectivity index (χ2v) is 5.14. The van der Waals surface area contributed by atoms with Gasteiger partial charge < -0.3 is 16.0 Å². The molecule has 2 aliphatic rings. The summed E-state index contributed by atoms with van der Waals surface area (Å²) in [6.45, 7) is 0.358. The van der Waals surface area contributed by atoms with E-state index in [0.29, 0.717) is 12.5 Å². The summed E-state index contributed by atoms with van der Waals surface area (Å²) in [6.07, 6.45) is 2.30. The number of nitrogens with one attached hydrogen (secondary N) is 3. The van der Waals surface area contributed by atoms with Crippen LogP contribution in [0.4, 0.5) is 4.79 Å². The third-order valence-corrected chi connectivity index (χ3v) is 3.64. The van der Waals surface area contributed by atoms with Crippen LogP contribution < -0.4 is 16.0 Å². The van der Waals surface area contributed by atoms with E-state index in [1.54, 1.807) is 0 Å². The van der Waals surface area contributed by atoms with Gasteiger partial charge >= 0.3 is 6.03 Å². The third kappa shape index (κ3) is 2.70. The van der Waals surface area contributed by atoms with Crippen LogP contribution in [0.15, 0.2) is 30.3 Å². The van der Waals surface area contributed by atoms with Crippen LogP contribution in [0.25, 0.3) is 0 Å². The molecule has 1 saturated carbocycles. The Hall–Kier alpha value is -2.04. The molecule has 0 spiro atoms. The van der Waals surface area contributed by atoms with E-state index < -0.39 is 6.04 Å². The van der Waals surface area contributed by atoms with Gasteiger partial charge in [-0.1, -0.05) is 30.3 Å². The zero-order chi connectivity index (χ0) is 13.2. The van der Waals surface area contributed by atoms with Gasteiger partial charge in [0.15, 0.2) is 0 Å². The molecule has 0 unspecified atom stereocenters. The van der Waals surface area contributed by atoms with Crippen molar-refractivity contribution in [3.63, 3.8) is 0 Å². The van der Waals surface area contributed by atoms with Crippen LogP contribution in [0.1, 0.15) is 24.4 Å². The van der Waals surface area contributed by atoms with Crippen molar-refractivity contribution in [3.8, 4) is 0 Å². The molecule has 100 valence electrons. The molecule has 5 heteroatoms. The van der Waals surface area contributed by atoms with Crippen LogP contribution in [0.2, 0.25) is 0 Å². The Morgan fingerprint density at radius 2 is 2.00 bits per heavy atom. The maximum absolute atomic E-state index is 12.1. The van der Waals surface area contributed by atoms with Gasteiger partial charge in [-0.3, -0.25) is 4.79 Å². The molecule has 2 atom stereocenters. The number of rotatable bonds is 4. The molecule has 0 aromatic heterocycles. The normalized spacial score (nSPS) is 23.4. The highest BCUT2D eigenvalue weighted by molar-refractivity contribution is 5.90. The molecular formula is C14H17N3O2. The number of benzene rings is 1. The van der Waals surface area contributed by atoms with E-state index in [9.17, 15) is 9.59 Å². The smallest absolute Gasteiger partial charge is 0.315 e. The maximum atomic E-state index is 12.1. The van der Waals surface area contributed by atoms with E-state index in [1.165, 1.54) is 0 Å². The summed E-state index contributed by atoms with van der Waals surface area (Å²) >= 11 is 0. The molecule has 3 amide bonds. The predicted molar refractivity (Wildman–Crippen MR) is 70.4 cm³/mol. The van der Waals surface area contributed by atoms with Crippen molar-refractivity contribution in [2.45, 2.75) is 24.9 Å². The molecule has 3 N–H and O–H groups in total. The molecule has 1 aliphatic heterocycles. The first-order valence-corrected chi connectivity index (χ1v) is 6.64. The van der Waals surface area contributed by atoms with E-state index in [-0.39, 0.29) is 18.0 Å². The minimum atomic E-state index is -0.461. The molecule has 5 nitrogen and oxygen atoms in total. The fraction of sp³-hybridized carbons (Fsp3) is 0.429. The first-order valence-electron chi connectivity index (χ1n) is 6.64. The highest BCUT2D eigenvalue weighted by atomic mass is 16.2. The van der Waals surface area contributed by atoms with Gasteiger partial charge in [-0.05, 0) is 24.3 Å². The number of urea groups is 1. The Balaban J connectivity index is 1.68. The highest BCUT2D eigenvalue weighted by Crippen LogP contribution is 2.40. The second-order valence-electron chi connectivity index (χ2n) is 5.14. The number of hydrogen-bond acceptors (Lipinski definition) is 2. The minimum Gasteiger partial charge on any atom is -0.347 e. The van der Waals surface area contributed by atoms with Crippen LogP contribution in [-0.2, 0) is 4.79 Å². The van der Waals surface area contributed by atoms with Crippen molar-refractivity contribution < 1.29 is 9.59 Å². The summed E-state index contributed by atoms with van der Waals surface area (Å²) in [5, 5.41) is 8.27. The van der Waals surface area contributed by atoms with Crippen molar-refractivity contribution in [2.75, 3.05) is 6.54 Å². The lowest BCUT2D eigenvalue weighted by Crippen LogP contribution is -2.44. The van der Waals surface area contributed by atoms with Gasteiger partial charge in [0, 0.05) is 6.54 Å². The Labute approximate surface area is 111 Å². The Morgan fingerprint density at radius 1 is 1.26 bits per heavy atom. The van der Waals surface area contributed by atoms with E-state index in [0.717, 1.165) is 18.4 Å². The van der Waals surface area contributed by atoms with Crippen LogP contribution in [0.3, 0.4) is 0 Å². The monoisotopic (exact) mass is 259 g/mol. The van der Waals surface area contributed by atoms with E-state index >= 15 is 0 Å². The largest absolute Gasteiger partial charge is 0.347 e. The van der Waals surface area contributed by atoms with Crippen molar-refractivity contribution in [1.29, 1.82) is 0 Å². The minimum absolute atomic E-state index is 0.0613. The van der Waals surface area contributed by atoms with Gasteiger partial charge in [-0.25, -0.2) is 4.79 Å². The summed E-state index contributed by atoms with van der Waals surface area (Å²) in [4.78, 5) is 23.2. The zero-order valence-electron chi connectivity index (χ0n) is 10.6. The van der Waals surface area contributed by atoms with Crippen LogP contribution in [-0.4, -0.2) is 24.5 Å². The Bertz CT molecular complexity index is 485. The maximum Gasteiger partial charge on any atom is 0.315 e. The molecular weight excluding hydrogens is 242 g/mol. The second kappa shape index (κ2) is 4.91. The number of amides is 3. The average molecular weight is 259 g/mol. The van der Waals surface area contributed by atoms with Gasteiger partial charge in [-0.2, -0.15) is 0 Å². The SMILES string of the molecule is O=C1NC[C@@H](C(=O)N[C@H](c2ccccc2)C2CC2)N1. The number of carbonyl (C=O) groups is 2. The predicted octanol–water partition coefficient (Wildman–Crippen LogP) is 0.935. The van der Waals surface area contributed by atoms with Crippen molar-refractivity contribution in [3.05, 3.63) is 35.9 Å². The molecule has 2 fully saturated rings. The first-order chi connectivity index (χ1) is 9.24. The van der Waals surface area contributed by atoms with Gasteiger partial charge in [0.2, 0.25) is 5.91 Å². The molecule has 1 heterocycles. The summed E-state index contributed by atoms with van der Waals surface area (Å²) in [5.41, 5.74) is 1.13. The molecule has 19 heavy (non-hydrogen) atoms. The van der Waals surface area contributed by atoms with Crippen LogP contribution in [0.5, 0.6) is 0 Å². The quantitative estimate of drug-likeness (QED) is 0.753. The van der Waals surface area contributed by atoms with Gasteiger partial charge in [-0.15, -0.1) is 0 Å². The van der Waals surface area contributed by atoms with E-state index in [1.807, 2.05) is 30.3 Å². The van der Waals surface area contributed by atoms with Crippen molar-refractivity contribution in [2.24, 2.45) is 5.92 Å². The lowest BCUT2D eigenvalue weighted by atomic mass is 10.0. The third-order valence-electron chi connectivity index (χ3n) is 3.64. The lowest BCUT2D eigenvalue weighted by molar-refractivity contribution is -0.123. The van der Waals surface area contributed by atoms with Gasteiger partial charge in [0.25, 0.3) is 0 Å². The molecule has 0 bridgehead atoms. The van der Waals surface area contributed by atoms with Gasteiger partial charge in [0.1, 0.15) is 6.04 Å². The highest BCUT2D eigenvalue weighted by Gasteiger charge is 2.35. The van der Waals surface area contributed by atoms with E-state index in [4.69, 9.17) is 0 Å². The number of hydrogen-bond donors (Lipinski definition) is 3. The molecule has 0 radical (unpaired) electrons. The summed E-state index contributed by atoms with van der Waals surface area (Å²) < 4.78 is 0. The van der Waals surface area contributed by atoms with Crippen LogP contribution >= 0.6 is 0 Å². The standard InChI is InChI=1S/C14H17N3O2/c18-13(11-8-15-14(19)16-11)17-12(10-6-7-10)9-4-2-1-3-5-9/h1-5,10-12H,6-8H2,(H,17,18)(H2,15,16,19)/t11-,12+/m0/s1. The van der Waals surface area contributed by atoms with Crippen molar-refractivity contribution in [1.82, 2.24) is 16.0 Å². The fourth-order valence-electron chi connectivity index (χ4n) is 2.43. The average Bonchev–Trinajstić information content (AvgIpc) is 3.18. The fourth-order valence-corrected chi connectivity index (χ4v) is 2.43. The van der Waals surface area contributed by atoms with E-state index in [2.05, 4.69) is 16.0 Å². The van der Waals surface area contributed by atoms with Gasteiger partial charge in [0.05, 0.1) is 6.04 Å². The molecule has 3 rings (SSSR count). The topological polar surface area (TPSA) is 70.2 Å². The molecule has 1 aromatic rings. The summed E-state index contributed by atoms with van der Waals surface area (Å²) in [6, 6.07) is 9.33. The molecule has 1 saturated heterocycles. The summed E-state index contributed by atoms with van der Waals surface area (Å²) in [5.74, 6) is 0.413.